The summed E-state index contributed by atoms with van der Waals surface area (Å²) in [6.45, 7) is 5.59. The van der Waals surface area contributed by atoms with Crippen molar-refractivity contribution in [3.05, 3.63) is 47.8 Å². The maximum Gasteiger partial charge on any atom is 0.254 e. The Bertz CT molecular complexity index is 671. The molecule has 0 atom stereocenters. The van der Waals surface area contributed by atoms with Gasteiger partial charge >= 0.3 is 0 Å². The van der Waals surface area contributed by atoms with E-state index in [1.807, 2.05) is 24.3 Å². The smallest absolute Gasteiger partial charge is 0.254 e. The van der Waals surface area contributed by atoms with Crippen LogP contribution in [0, 0.1) is 5.92 Å². The standard InChI is InChI=1S/C19H26N4O2/c1-14(2)8-10-20-18(24)16-12-22-19(23-13-16)21-11-9-15-6-4-5-7-17(15)25-3/h4-7,12-14H,8-11H2,1-3H3,(H,20,24)(H,21,22,23). The lowest BCUT2D eigenvalue weighted by molar-refractivity contribution is 0.0951. The van der Waals surface area contributed by atoms with Gasteiger partial charge in [-0.15, -0.1) is 0 Å². The Labute approximate surface area is 149 Å². The zero-order valence-electron chi connectivity index (χ0n) is 15.1. The van der Waals surface area contributed by atoms with Gasteiger partial charge in [0.2, 0.25) is 5.95 Å². The molecular formula is C19H26N4O2. The van der Waals surface area contributed by atoms with Crippen molar-refractivity contribution in [3.63, 3.8) is 0 Å². The van der Waals surface area contributed by atoms with Crippen LogP contribution in [0.15, 0.2) is 36.7 Å². The summed E-state index contributed by atoms with van der Waals surface area (Å²) in [6.07, 6.45) is 4.84. The normalized spacial score (nSPS) is 10.6. The first-order valence-corrected chi connectivity index (χ1v) is 8.56. The molecule has 0 aliphatic heterocycles. The number of para-hydroxylation sites is 1. The molecule has 1 aromatic heterocycles. The number of aromatic nitrogens is 2. The number of rotatable bonds is 9. The Morgan fingerprint density at radius 1 is 1.16 bits per heavy atom. The Hall–Kier alpha value is -2.63. The minimum Gasteiger partial charge on any atom is -0.496 e. The molecule has 0 unspecified atom stereocenters. The van der Waals surface area contributed by atoms with E-state index >= 15 is 0 Å². The molecule has 1 heterocycles. The molecule has 6 heteroatoms. The van der Waals surface area contributed by atoms with Crippen molar-refractivity contribution in [2.75, 3.05) is 25.5 Å². The van der Waals surface area contributed by atoms with E-state index in [2.05, 4.69) is 34.4 Å². The number of hydrogen-bond acceptors (Lipinski definition) is 5. The van der Waals surface area contributed by atoms with Gasteiger partial charge in [0.15, 0.2) is 0 Å². The van der Waals surface area contributed by atoms with Gasteiger partial charge in [0, 0.05) is 25.5 Å². The second kappa shape index (κ2) is 9.61. The van der Waals surface area contributed by atoms with Crippen LogP contribution in [0.25, 0.3) is 0 Å². The Morgan fingerprint density at radius 3 is 2.56 bits per heavy atom. The minimum absolute atomic E-state index is 0.138. The second-order valence-corrected chi connectivity index (χ2v) is 6.22. The van der Waals surface area contributed by atoms with Crippen molar-refractivity contribution in [1.29, 1.82) is 0 Å². The number of nitrogens with zero attached hydrogens (tertiary/aromatic N) is 2. The van der Waals surface area contributed by atoms with Crippen molar-refractivity contribution in [3.8, 4) is 5.75 Å². The molecule has 134 valence electrons. The van der Waals surface area contributed by atoms with Gasteiger partial charge < -0.3 is 15.4 Å². The largest absolute Gasteiger partial charge is 0.496 e. The molecule has 2 aromatic rings. The van der Waals surface area contributed by atoms with Crippen molar-refractivity contribution >= 4 is 11.9 Å². The summed E-state index contributed by atoms with van der Waals surface area (Å²) in [5.74, 6) is 1.81. The van der Waals surface area contributed by atoms with E-state index in [0.717, 1.165) is 24.2 Å². The van der Waals surface area contributed by atoms with Crippen molar-refractivity contribution in [2.24, 2.45) is 5.92 Å². The summed E-state index contributed by atoms with van der Waals surface area (Å²) < 4.78 is 5.33. The zero-order chi connectivity index (χ0) is 18.1. The molecule has 1 amide bonds. The molecule has 0 saturated carbocycles. The number of nitrogens with one attached hydrogen (secondary N) is 2. The maximum atomic E-state index is 12.0. The Kier molecular flexibility index (Phi) is 7.19. The van der Waals surface area contributed by atoms with E-state index in [9.17, 15) is 4.79 Å². The molecule has 6 nitrogen and oxygen atoms in total. The fourth-order valence-electron chi connectivity index (χ4n) is 2.33. The first kappa shape index (κ1) is 18.7. The lowest BCUT2D eigenvalue weighted by Gasteiger charge is -2.09. The van der Waals surface area contributed by atoms with Gasteiger partial charge in [-0.1, -0.05) is 32.0 Å². The van der Waals surface area contributed by atoms with Crippen LogP contribution in [-0.4, -0.2) is 36.1 Å². The predicted octanol–water partition coefficient (Wildman–Crippen LogP) is 2.92. The summed E-state index contributed by atoms with van der Waals surface area (Å²) >= 11 is 0. The van der Waals surface area contributed by atoms with Gasteiger partial charge in [-0.05, 0) is 30.4 Å². The highest BCUT2D eigenvalue weighted by Gasteiger charge is 2.07. The molecule has 25 heavy (non-hydrogen) atoms. The molecule has 0 radical (unpaired) electrons. The highest BCUT2D eigenvalue weighted by molar-refractivity contribution is 5.93. The van der Waals surface area contributed by atoms with Crippen molar-refractivity contribution < 1.29 is 9.53 Å². The average molecular weight is 342 g/mol. The van der Waals surface area contributed by atoms with Gasteiger partial charge in [-0.25, -0.2) is 9.97 Å². The summed E-state index contributed by atoms with van der Waals surface area (Å²) in [4.78, 5) is 20.4. The number of amides is 1. The van der Waals surface area contributed by atoms with Gasteiger partial charge in [-0.2, -0.15) is 0 Å². The summed E-state index contributed by atoms with van der Waals surface area (Å²) in [6, 6.07) is 7.91. The molecule has 2 rings (SSSR count). The fraction of sp³-hybridized carbons (Fsp3) is 0.421. The minimum atomic E-state index is -0.138. The van der Waals surface area contributed by atoms with Crippen LogP contribution in [-0.2, 0) is 6.42 Å². The van der Waals surface area contributed by atoms with Gasteiger partial charge in [0.05, 0.1) is 12.7 Å². The average Bonchev–Trinajstić information content (AvgIpc) is 2.62. The van der Waals surface area contributed by atoms with E-state index in [0.29, 0.717) is 30.5 Å². The summed E-state index contributed by atoms with van der Waals surface area (Å²) in [5.41, 5.74) is 1.60. The first-order valence-electron chi connectivity index (χ1n) is 8.56. The first-order chi connectivity index (χ1) is 12.1. The molecule has 0 aliphatic rings. The van der Waals surface area contributed by atoms with E-state index in [1.54, 1.807) is 19.5 Å². The molecule has 0 saturated heterocycles. The number of methoxy groups -OCH3 is 1. The molecule has 2 N–H and O–H groups in total. The van der Waals surface area contributed by atoms with E-state index in [4.69, 9.17) is 4.74 Å². The van der Waals surface area contributed by atoms with E-state index in [-0.39, 0.29) is 5.91 Å². The predicted molar refractivity (Wildman–Crippen MR) is 99.0 cm³/mol. The second-order valence-electron chi connectivity index (χ2n) is 6.22. The molecule has 0 spiro atoms. The van der Waals surface area contributed by atoms with Crippen LogP contribution in [0.4, 0.5) is 5.95 Å². The van der Waals surface area contributed by atoms with Crippen LogP contribution in [0.3, 0.4) is 0 Å². The quantitative estimate of drug-likeness (QED) is 0.733. The topological polar surface area (TPSA) is 76.1 Å². The van der Waals surface area contributed by atoms with E-state index < -0.39 is 0 Å². The Balaban J connectivity index is 1.81. The van der Waals surface area contributed by atoms with Crippen molar-refractivity contribution in [2.45, 2.75) is 26.7 Å². The zero-order valence-corrected chi connectivity index (χ0v) is 15.1. The Morgan fingerprint density at radius 2 is 1.88 bits per heavy atom. The molecule has 0 bridgehead atoms. The number of anilines is 1. The maximum absolute atomic E-state index is 12.0. The number of hydrogen-bond donors (Lipinski definition) is 2. The molecule has 0 aliphatic carbocycles. The summed E-state index contributed by atoms with van der Waals surface area (Å²) in [5, 5.41) is 6.03. The highest BCUT2D eigenvalue weighted by atomic mass is 16.5. The molecule has 1 aromatic carbocycles. The third kappa shape index (κ3) is 6.06. The van der Waals surface area contributed by atoms with Crippen LogP contribution < -0.4 is 15.4 Å². The number of carbonyl (C=O) groups excluding carboxylic acids is 1. The van der Waals surface area contributed by atoms with Crippen LogP contribution in [0.2, 0.25) is 0 Å². The van der Waals surface area contributed by atoms with Crippen LogP contribution >= 0.6 is 0 Å². The van der Waals surface area contributed by atoms with Crippen molar-refractivity contribution in [1.82, 2.24) is 15.3 Å². The lowest BCUT2D eigenvalue weighted by atomic mass is 10.1. The monoisotopic (exact) mass is 342 g/mol. The number of ether oxygens (including phenoxy) is 1. The van der Waals surface area contributed by atoms with Crippen LogP contribution in [0.5, 0.6) is 5.75 Å². The van der Waals surface area contributed by atoms with Gasteiger partial charge in [-0.3, -0.25) is 4.79 Å². The number of benzene rings is 1. The third-order valence-corrected chi connectivity index (χ3v) is 3.79. The summed E-state index contributed by atoms with van der Waals surface area (Å²) in [7, 11) is 1.67. The fourth-order valence-corrected chi connectivity index (χ4v) is 2.33. The van der Waals surface area contributed by atoms with Crippen LogP contribution in [0.1, 0.15) is 36.2 Å². The molecular weight excluding hydrogens is 316 g/mol. The SMILES string of the molecule is COc1ccccc1CCNc1ncc(C(=O)NCCC(C)C)cn1. The number of carbonyl (C=O) groups is 1. The van der Waals surface area contributed by atoms with Gasteiger partial charge in [0.25, 0.3) is 5.91 Å². The van der Waals surface area contributed by atoms with Gasteiger partial charge in [0.1, 0.15) is 5.75 Å². The van der Waals surface area contributed by atoms with E-state index in [1.165, 1.54) is 0 Å². The lowest BCUT2D eigenvalue weighted by Crippen LogP contribution is -2.25. The molecule has 0 fully saturated rings. The highest BCUT2D eigenvalue weighted by Crippen LogP contribution is 2.17. The third-order valence-electron chi connectivity index (χ3n) is 3.79.